The highest BCUT2D eigenvalue weighted by molar-refractivity contribution is 6.32. The Kier molecular flexibility index (Phi) is 4.08. The van der Waals surface area contributed by atoms with Gasteiger partial charge in [-0.15, -0.1) is 0 Å². The minimum absolute atomic E-state index is 0.0743. The van der Waals surface area contributed by atoms with Crippen LogP contribution in [0.25, 0.3) is 0 Å². The molecule has 2 aliphatic rings. The number of carboxylic acid groups (broad SMARTS) is 1. The number of carbonyl (C=O) groups excluding carboxylic acids is 1. The van der Waals surface area contributed by atoms with Gasteiger partial charge in [-0.25, -0.2) is 0 Å². The number of benzene rings is 1. The third-order valence-corrected chi connectivity index (χ3v) is 3.78. The van der Waals surface area contributed by atoms with E-state index in [1.807, 2.05) is 0 Å². The molecule has 0 bridgehead atoms. The van der Waals surface area contributed by atoms with Gasteiger partial charge in [-0.2, -0.15) is 0 Å². The lowest BCUT2D eigenvalue weighted by molar-refractivity contribution is -0.141. The van der Waals surface area contributed by atoms with Crippen LogP contribution in [0.1, 0.15) is 16.8 Å². The lowest BCUT2D eigenvalue weighted by Gasteiger charge is -2.32. The molecule has 22 heavy (non-hydrogen) atoms. The normalized spacial score (nSPS) is 20.0. The fraction of sp³-hybridized carbons (Fsp3) is 0.429. The molecule has 1 fully saturated rings. The fourth-order valence-electron chi connectivity index (χ4n) is 2.50. The molecule has 7 nitrogen and oxygen atoms in total. The molecule has 0 saturated carbocycles. The first-order chi connectivity index (χ1) is 10.5. The molecule has 1 aromatic rings. The highest BCUT2D eigenvalue weighted by Crippen LogP contribution is 2.40. The molecule has 118 valence electrons. The monoisotopic (exact) mass is 327 g/mol. The van der Waals surface area contributed by atoms with Gasteiger partial charge in [0.2, 0.25) is 6.79 Å². The quantitative estimate of drug-likeness (QED) is 0.903. The maximum atomic E-state index is 12.6. The number of amides is 1. The van der Waals surface area contributed by atoms with Gasteiger partial charge in [0.15, 0.2) is 11.5 Å². The Hall–Kier alpha value is -1.99. The van der Waals surface area contributed by atoms with E-state index in [4.69, 9.17) is 30.9 Å². The molecular weight excluding hydrogens is 314 g/mol. The van der Waals surface area contributed by atoms with Gasteiger partial charge < -0.3 is 24.2 Å². The van der Waals surface area contributed by atoms with Crippen LogP contribution < -0.4 is 9.47 Å². The van der Waals surface area contributed by atoms with Gasteiger partial charge in [0.05, 0.1) is 24.2 Å². The summed E-state index contributed by atoms with van der Waals surface area (Å²) in [5, 5.41) is 9.13. The Morgan fingerprint density at radius 2 is 2.18 bits per heavy atom. The summed E-state index contributed by atoms with van der Waals surface area (Å²) in [6, 6.07) is 3.11. The van der Waals surface area contributed by atoms with Gasteiger partial charge in [-0.3, -0.25) is 9.59 Å². The van der Waals surface area contributed by atoms with Gasteiger partial charge in [0, 0.05) is 18.7 Å². The van der Waals surface area contributed by atoms with Crippen LogP contribution in [0.5, 0.6) is 11.5 Å². The zero-order valence-corrected chi connectivity index (χ0v) is 12.3. The summed E-state index contributed by atoms with van der Waals surface area (Å²) >= 11 is 6.08. The molecular formula is C14H14ClNO6. The number of morpholine rings is 1. The Morgan fingerprint density at radius 1 is 1.36 bits per heavy atom. The minimum Gasteiger partial charge on any atom is -0.481 e. The summed E-state index contributed by atoms with van der Waals surface area (Å²) in [7, 11) is 0. The third-order valence-electron chi connectivity index (χ3n) is 3.50. The first kappa shape index (κ1) is 14.9. The van der Waals surface area contributed by atoms with E-state index in [0.717, 1.165) is 0 Å². The van der Waals surface area contributed by atoms with Crippen molar-refractivity contribution in [1.29, 1.82) is 0 Å². The zero-order chi connectivity index (χ0) is 15.7. The first-order valence-electron chi connectivity index (χ1n) is 6.76. The SMILES string of the molecule is O=C(O)C[C@H]1CN(C(=O)c2cc(Cl)c3c(c2)OCO3)CCO1. The van der Waals surface area contributed by atoms with Crippen molar-refractivity contribution in [3.63, 3.8) is 0 Å². The van der Waals surface area contributed by atoms with E-state index in [1.54, 1.807) is 11.0 Å². The van der Waals surface area contributed by atoms with Gasteiger partial charge in [0.1, 0.15) is 0 Å². The average molecular weight is 328 g/mol. The van der Waals surface area contributed by atoms with Crippen LogP contribution in [0.3, 0.4) is 0 Å². The smallest absolute Gasteiger partial charge is 0.306 e. The Morgan fingerprint density at radius 3 is 2.95 bits per heavy atom. The maximum Gasteiger partial charge on any atom is 0.306 e. The van der Waals surface area contributed by atoms with Crippen molar-refractivity contribution in [2.75, 3.05) is 26.5 Å². The standard InChI is InChI=1S/C14H14ClNO6/c15-10-3-8(4-11-13(10)22-7-21-11)14(19)16-1-2-20-9(6-16)5-12(17)18/h3-4,9H,1-2,5-7H2,(H,17,18)/t9-/m0/s1. The largest absolute Gasteiger partial charge is 0.481 e. The number of carbonyl (C=O) groups is 2. The van der Waals surface area contributed by atoms with E-state index in [-0.39, 0.29) is 25.7 Å². The van der Waals surface area contributed by atoms with Crippen LogP contribution >= 0.6 is 11.6 Å². The van der Waals surface area contributed by atoms with Crippen LogP contribution in [0.4, 0.5) is 0 Å². The van der Waals surface area contributed by atoms with E-state index in [2.05, 4.69) is 0 Å². The molecule has 1 N–H and O–H groups in total. The van der Waals surface area contributed by atoms with E-state index in [9.17, 15) is 9.59 Å². The van der Waals surface area contributed by atoms with Crippen molar-refractivity contribution in [2.45, 2.75) is 12.5 Å². The second-order valence-electron chi connectivity index (χ2n) is 5.03. The van der Waals surface area contributed by atoms with Gasteiger partial charge in [0.25, 0.3) is 5.91 Å². The Bertz CT molecular complexity index is 620. The molecule has 2 aliphatic heterocycles. The first-order valence-corrected chi connectivity index (χ1v) is 7.14. The van der Waals surface area contributed by atoms with Crippen molar-refractivity contribution >= 4 is 23.5 Å². The Balaban J connectivity index is 1.76. The Labute approximate surface area is 131 Å². The maximum absolute atomic E-state index is 12.6. The van der Waals surface area contributed by atoms with Crippen LogP contribution in [0, 0.1) is 0 Å². The third kappa shape index (κ3) is 2.95. The second kappa shape index (κ2) is 6.02. The molecule has 0 radical (unpaired) electrons. The van der Waals surface area contributed by atoms with E-state index < -0.39 is 12.1 Å². The molecule has 0 spiro atoms. The van der Waals surface area contributed by atoms with Crippen LogP contribution in [-0.4, -0.2) is 54.5 Å². The van der Waals surface area contributed by atoms with E-state index in [0.29, 0.717) is 35.2 Å². The molecule has 1 atom stereocenters. The van der Waals surface area contributed by atoms with Crippen molar-refractivity contribution in [3.05, 3.63) is 22.7 Å². The molecule has 2 heterocycles. The lowest BCUT2D eigenvalue weighted by Crippen LogP contribution is -2.46. The molecule has 3 rings (SSSR count). The summed E-state index contributed by atoms with van der Waals surface area (Å²) in [5.74, 6) is -0.320. The van der Waals surface area contributed by atoms with Crippen molar-refractivity contribution in [2.24, 2.45) is 0 Å². The number of aliphatic carboxylic acids is 1. The summed E-state index contributed by atoms with van der Waals surface area (Å²) in [6.07, 6.45) is -0.634. The molecule has 8 heteroatoms. The van der Waals surface area contributed by atoms with E-state index >= 15 is 0 Å². The molecule has 0 aromatic heterocycles. The minimum atomic E-state index is -0.953. The summed E-state index contributed by atoms with van der Waals surface area (Å²) in [6.45, 7) is 1.02. The number of hydrogen-bond acceptors (Lipinski definition) is 5. The molecule has 1 saturated heterocycles. The number of nitrogens with zero attached hydrogens (tertiary/aromatic N) is 1. The van der Waals surface area contributed by atoms with Crippen LogP contribution in [-0.2, 0) is 9.53 Å². The molecule has 1 aromatic carbocycles. The molecule has 0 aliphatic carbocycles. The number of ether oxygens (including phenoxy) is 3. The molecule has 1 amide bonds. The number of hydrogen-bond donors (Lipinski definition) is 1. The number of rotatable bonds is 3. The van der Waals surface area contributed by atoms with E-state index in [1.165, 1.54) is 6.07 Å². The van der Waals surface area contributed by atoms with Gasteiger partial charge in [-0.1, -0.05) is 11.6 Å². The number of fused-ring (bicyclic) bond motifs is 1. The number of carboxylic acids is 1. The highest BCUT2D eigenvalue weighted by atomic mass is 35.5. The summed E-state index contributed by atoms with van der Waals surface area (Å²) in [4.78, 5) is 24.9. The van der Waals surface area contributed by atoms with Crippen LogP contribution in [0.2, 0.25) is 5.02 Å². The predicted molar refractivity (Wildman–Crippen MR) is 75.5 cm³/mol. The van der Waals surface area contributed by atoms with Gasteiger partial charge in [-0.05, 0) is 12.1 Å². The van der Waals surface area contributed by atoms with Crippen LogP contribution in [0.15, 0.2) is 12.1 Å². The topological polar surface area (TPSA) is 85.3 Å². The van der Waals surface area contributed by atoms with Crippen molar-refractivity contribution in [3.8, 4) is 11.5 Å². The molecule has 0 unspecified atom stereocenters. The van der Waals surface area contributed by atoms with Gasteiger partial charge >= 0.3 is 5.97 Å². The highest BCUT2D eigenvalue weighted by Gasteiger charge is 2.28. The zero-order valence-electron chi connectivity index (χ0n) is 11.6. The number of halogens is 1. The average Bonchev–Trinajstić information content (AvgIpc) is 2.95. The fourth-order valence-corrected chi connectivity index (χ4v) is 2.76. The summed E-state index contributed by atoms with van der Waals surface area (Å²) < 4.78 is 15.8. The summed E-state index contributed by atoms with van der Waals surface area (Å²) in [5.41, 5.74) is 0.380. The van der Waals surface area contributed by atoms with Crippen molar-refractivity contribution < 1.29 is 28.9 Å². The predicted octanol–water partition coefficient (Wildman–Crippen LogP) is 1.38. The second-order valence-corrected chi connectivity index (χ2v) is 5.44. The lowest BCUT2D eigenvalue weighted by atomic mass is 10.1. The van der Waals surface area contributed by atoms with Crippen molar-refractivity contribution in [1.82, 2.24) is 4.90 Å².